The van der Waals surface area contributed by atoms with Gasteiger partial charge in [-0.05, 0) is 31.6 Å². The van der Waals surface area contributed by atoms with E-state index < -0.39 is 0 Å². The smallest absolute Gasteiger partial charge is 0.0805 e. The SMILES string of the molecule is COCCOCCOC1(CN)CCC(C)CC1. The standard InChI is InChI=1S/C13H27NO3/c1-12-3-5-13(11-14,6-4-12)17-10-9-16-8-7-15-2/h12H,3-11,14H2,1-2H3. The van der Waals surface area contributed by atoms with E-state index in [1.54, 1.807) is 7.11 Å². The van der Waals surface area contributed by atoms with Crippen LogP contribution in [-0.2, 0) is 14.2 Å². The first-order valence-electron chi connectivity index (χ1n) is 6.63. The topological polar surface area (TPSA) is 53.7 Å². The van der Waals surface area contributed by atoms with Crippen LogP contribution < -0.4 is 5.73 Å². The summed E-state index contributed by atoms with van der Waals surface area (Å²) in [5.41, 5.74) is 5.77. The highest BCUT2D eigenvalue weighted by atomic mass is 16.5. The fourth-order valence-electron chi connectivity index (χ4n) is 2.26. The molecule has 1 saturated carbocycles. The molecule has 0 aliphatic heterocycles. The van der Waals surface area contributed by atoms with E-state index in [0.717, 1.165) is 18.8 Å². The largest absolute Gasteiger partial charge is 0.382 e. The molecule has 0 atom stereocenters. The third-order valence-electron chi connectivity index (χ3n) is 3.63. The number of hydrogen-bond acceptors (Lipinski definition) is 4. The van der Waals surface area contributed by atoms with Crippen molar-refractivity contribution in [1.29, 1.82) is 0 Å². The summed E-state index contributed by atoms with van der Waals surface area (Å²) >= 11 is 0. The van der Waals surface area contributed by atoms with Crippen LogP contribution in [0.4, 0.5) is 0 Å². The van der Waals surface area contributed by atoms with Crippen molar-refractivity contribution in [3.8, 4) is 0 Å². The van der Waals surface area contributed by atoms with E-state index in [4.69, 9.17) is 19.9 Å². The van der Waals surface area contributed by atoms with E-state index in [9.17, 15) is 0 Å². The molecule has 102 valence electrons. The molecule has 1 fully saturated rings. The molecule has 0 saturated heterocycles. The minimum atomic E-state index is -0.0862. The zero-order chi connectivity index (χ0) is 12.6. The van der Waals surface area contributed by atoms with Gasteiger partial charge in [0.05, 0.1) is 32.0 Å². The Morgan fingerprint density at radius 3 is 2.35 bits per heavy atom. The Kier molecular flexibility index (Phi) is 7.04. The molecule has 0 radical (unpaired) electrons. The maximum absolute atomic E-state index is 5.96. The van der Waals surface area contributed by atoms with Gasteiger partial charge >= 0.3 is 0 Å². The van der Waals surface area contributed by atoms with Crippen molar-refractivity contribution in [3.63, 3.8) is 0 Å². The van der Waals surface area contributed by atoms with Crippen molar-refractivity contribution < 1.29 is 14.2 Å². The van der Waals surface area contributed by atoms with Crippen LogP contribution in [0.5, 0.6) is 0 Å². The van der Waals surface area contributed by atoms with E-state index in [2.05, 4.69) is 6.92 Å². The first-order valence-corrected chi connectivity index (χ1v) is 6.63. The highest BCUT2D eigenvalue weighted by molar-refractivity contribution is 4.87. The van der Waals surface area contributed by atoms with Crippen LogP contribution in [0.3, 0.4) is 0 Å². The van der Waals surface area contributed by atoms with Gasteiger partial charge in [0.15, 0.2) is 0 Å². The summed E-state index contributed by atoms with van der Waals surface area (Å²) in [6.45, 7) is 5.45. The van der Waals surface area contributed by atoms with Crippen LogP contribution in [0.2, 0.25) is 0 Å². The monoisotopic (exact) mass is 245 g/mol. The fraction of sp³-hybridized carbons (Fsp3) is 1.00. The Labute approximate surface area is 105 Å². The second-order valence-electron chi connectivity index (χ2n) is 5.02. The second-order valence-corrected chi connectivity index (χ2v) is 5.02. The first kappa shape index (κ1) is 14.9. The van der Waals surface area contributed by atoms with Crippen molar-refractivity contribution >= 4 is 0 Å². The summed E-state index contributed by atoms with van der Waals surface area (Å²) in [4.78, 5) is 0. The maximum Gasteiger partial charge on any atom is 0.0805 e. The van der Waals surface area contributed by atoms with Gasteiger partial charge in [-0.3, -0.25) is 0 Å². The van der Waals surface area contributed by atoms with Crippen LogP contribution in [0.15, 0.2) is 0 Å². The number of methoxy groups -OCH3 is 1. The average molecular weight is 245 g/mol. The lowest BCUT2D eigenvalue weighted by molar-refractivity contribution is -0.0893. The van der Waals surface area contributed by atoms with Gasteiger partial charge < -0.3 is 19.9 Å². The van der Waals surface area contributed by atoms with Crippen molar-refractivity contribution in [1.82, 2.24) is 0 Å². The van der Waals surface area contributed by atoms with Gasteiger partial charge in [-0.2, -0.15) is 0 Å². The Morgan fingerprint density at radius 1 is 1.12 bits per heavy atom. The molecule has 0 bridgehead atoms. The van der Waals surface area contributed by atoms with E-state index >= 15 is 0 Å². The summed E-state index contributed by atoms with van der Waals surface area (Å²) in [6, 6.07) is 0. The number of nitrogens with two attached hydrogens (primary N) is 1. The van der Waals surface area contributed by atoms with Crippen LogP contribution in [0.1, 0.15) is 32.6 Å². The molecule has 0 heterocycles. The zero-order valence-corrected chi connectivity index (χ0v) is 11.2. The third-order valence-corrected chi connectivity index (χ3v) is 3.63. The van der Waals surface area contributed by atoms with Crippen molar-refractivity contribution in [2.45, 2.75) is 38.2 Å². The maximum atomic E-state index is 5.96. The lowest BCUT2D eigenvalue weighted by Gasteiger charge is -2.38. The van der Waals surface area contributed by atoms with Gasteiger partial charge in [-0.1, -0.05) is 6.92 Å². The van der Waals surface area contributed by atoms with E-state index in [-0.39, 0.29) is 5.60 Å². The molecule has 0 aromatic carbocycles. The molecular weight excluding hydrogens is 218 g/mol. The fourth-order valence-corrected chi connectivity index (χ4v) is 2.26. The average Bonchev–Trinajstić information content (AvgIpc) is 2.36. The number of hydrogen-bond donors (Lipinski definition) is 1. The molecule has 0 aromatic heterocycles. The Morgan fingerprint density at radius 2 is 1.76 bits per heavy atom. The predicted octanol–water partition coefficient (Wildman–Crippen LogP) is 1.57. The Bertz CT molecular complexity index is 191. The van der Waals surface area contributed by atoms with Crippen molar-refractivity contribution in [3.05, 3.63) is 0 Å². The third kappa shape index (κ3) is 5.34. The van der Waals surface area contributed by atoms with Crippen LogP contribution >= 0.6 is 0 Å². The molecule has 4 heteroatoms. The molecule has 0 amide bonds. The van der Waals surface area contributed by atoms with Gasteiger partial charge in [0.25, 0.3) is 0 Å². The number of ether oxygens (including phenoxy) is 3. The van der Waals surface area contributed by atoms with Gasteiger partial charge in [0, 0.05) is 13.7 Å². The summed E-state index contributed by atoms with van der Waals surface area (Å²) in [5.74, 6) is 0.816. The quantitative estimate of drug-likeness (QED) is 0.660. The lowest BCUT2D eigenvalue weighted by atomic mass is 9.79. The van der Waals surface area contributed by atoms with Gasteiger partial charge in [0.1, 0.15) is 0 Å². The molecule has 0 spiro atoms. The lowest BCUT2D eigenvalue weighted by Crippen LogP contribution is -2.44. The predicted molar refractivity (Wildman–Crippen MR) is 68.1 cm³/mol. The first-order chi connectivity index (χ1) is 8.22. The summed E-state index contributed by atoms with van der Waals surface area (Å²) < 4.78 is 16.2. The van der Waals surface area contributed by atoms with E-state index in [1.807, 2.05) is 0 Å². The van der Waals surface area contributed by atoms with Crippen molar-refractivity contribution in [2.24, 2.45) is 11.7 Å². The number of rotatable bonds is 8. The Hall–Kier alpha value is -0.160. The molecule has 0 aromatic rings. The minimum absolute atomic E-state index is 0.0862. The zero-order valence-electron chi connectivity index (χ0n) is 11.2. The van der Waals surface area contributed by atoms with Crippen LogP contribution in [-0.4, -0.2) is 45.7 Å². The van der Waals surface area contributed by atoms with Gasteiger partial charge in [-0.25, -0.2) is 0 Å². The highest BCUT2D eigenvalue weighted by Gasteiger charge is 2.33. The summed E-state index contributed by atoms with van der Waals surface area (Å²) in [5, 5.41) is 0. The molecule has 1 aliphatic carbocycles. The van der Waals surface area contributed by atoms with E-state index in [0.29, 0.717) is 33.0 Å². The minimum Gasteiger partial charge on any atom is -0.382 e. The molecule has 0 unspecified atom stereocenters. The van der Waals surface area contributed by atoms with Crippen LogP contribution in [0, 0.1) is 5.92 Å². The normalized spacial score (nSPS) is 29.5. The van der Waals surface area contributed by atoms with Gasteiger partial charge in [0.2, 0.25) is 0 Å². The van der Waals surface area contributed by atoms with Gasteiger partial charge in [-0.15, -0.1) is 0 Å². The molecular formula is C13H27NO3. The van der Waals surface area contributed by atoms with Crippen molar-refractivity contribution in [2.75, 3.05) is 40.1 Å². The molecule has 1 rings (SSSR count). The summed E-state index contributed by atoms with van der Waals surface area (Å²) in [7, 11) is 1.67. The van der Waals surface area contributed by atoms with Crippen LogP contribution in [0.25, 0.3) is 0 Å². The summed E-state index contributed by atoms with van der Waals surface area (Å²) in [6.07, 6.45) is 4.62. The van der Waals surface area contributed by atoms with E-state index in [1.165, 1.54) is 12.8 Å². The molecule has 4 nitrogen and oxygen atoms in total. The molecule has 1 aliphatic rings. The second kappa shape index (κ2) is 8.03. The highest BCUT2D eigenvalue weighted by Crippen LogP contribution is 2.33. The molecule has 17 heavy (non-hydrogen) atoms. The Balaban J connectivity index is 2.14. The molecule has 2 N–H and O–H groups in total.